The molecule has 4 rings (SSSR count). The summed E-state index contributed by atoms with van der Waals surface area (Å²) in [4.78, 5) is 25.9. The molecule has 34 heavy (non-hydrogen) atoms. The molecule has 0 heterocycles. The first kappa shape index (κ1) is 25.1. The van der Waals surface area contributed by atoms with Crippen LogP contribution in [0.15, 0.2) is 10.5 Å². The molecule has 2 aliphatic rings. The Balaban J connectivity index is 2.03. The molecule has 0 amide bonds. The third kappa shape index (κ3) is 3.66. The van der Waals surface area contributed by atoms with Gasteiger partial charge in [-0.15, -0.1) is 0 Å². The van der Waals surface area contributed by atoms with Gasteiger partial charge in [-0.25, -0.2) is 0 Å². The summed E-state index contributed by atoms with van der Waals surface area (Å²) in [7, 11) is 6.28. The van der Waals surface area contributed by atoms with E-state index in [2.05, 4.69) is 31.9 Å². The average molecular weight is 600 g/mol. The molecule has 0 bridgehead atoms. The van der Waals surface area contributed by atoms with Gasteiger partial charge in [0.1, 0.15) is 28.6 Å². The van der Waals surface area contributed by atoms with E-state index in [1.54, 1.807) is 34.5 Å². The topological polar surface area (TPSA) is 80.3 Å². The third-order valence-electron chi connectivity index (χ3n) is 7.08. The number of Topliss-reactive ketones (excluding diaryl/α,β-unsaturated/α-hetero) is 1. The standard InChI is InChI=1S/C25H28Br2O7/c1-12(28)34-24(2)7-8-25(27)13(11-24)9-14-17(23(25)29)22(33-6)18-16(30-3)10-15(26)21(32-5)19(18)20(14)31-4/h10,13H,7-9,11H2,1-6H3/t13-,24+,25?/m1/s1. The van der Waals surface area contributed by atoms with Crippen molar-refractivity contribution in [2.45, 2.75) is 49.5 Å². The van der Waals surface area contributed by atoms with Crippen molar-refractivity contribution in [1.29, 1.82) is 0 Å². The van der Waals surface area contributed by atoms with Crippen molar-refractivity contribution in [3.63, 3.8) is 0 Å². The van der Waals surface area contributed by atoms with E-state index in [0.29, 0.717) is 69.5 Å². The van der Waals surface area contributed by atoms with E-state index in [-0.39, 0.29) is 17.7 Å². The van der Waals surface area contributed by atoms with Crippen LogP contribution in [0.1, 0.15) is 49.0 Å². The molecule has 1 unspecified atom stereocenters. The van der Waals surface area contributed by atoms with E-state index < -0.39 is 9.93 Å². The van der Waals surface area contributed by atoms with Gasteiger partial charge in [-0.3, -0.25) is 9.59 Å². The summed E-state index contributed by atoms with van der Waals surface area (Å²) in [6, 6.07) is 1.79. The maximum absolute atomic E-state index is 14.1. The minimum Gasteiger partial charge on any atom is -0.496 e. The number of ether oxygens (including phenoxy) is 5. The summed E-state index contributed by atoms with van der Waals surface area (Å²) in [5.41, 5.74) is 0.602. The van der Waals surface area contributed by atoms with E-state index in [1.165, 1.54) is 6.92 Å². The summed E-state index contributed by atoms with van der Waals surface area (Å²) in [6.45, 7) is 3.35. The lowest BCUT2D eigenvalue weighted by molar-refractivity contribution is -0.160. The average Bonchev–Trinajstić information content (AvgIpc) is 2.78. The van der Waals surface area contributed by atoms with Crippen molar-refractivity contribution in [3.8, 4) is 23.0 Å². The highest BCUT2D eigenvalue weighted by atomic mass is 79.9. The molecule has 0 spiro atoms. The lowest BCUT2D eigenvalue weighted by Gasteiger charge is -2.49. The number of hydrogen-bond donors (Lipinski definition) is 0. The molecular weight excluding hydrogens is 572 g/mol. The van der Waals surface area contributed by atoms with Gasteiger partial charge in [0, 0.05) is 12.5 Å². The predicted octanol–water partition coefficient (Wildman–Crippen LogP) is 5.63. The highest BCUT2D eigenvalue weighted by Gasteiger charge is 2.56. The molecule has 0 saturated heterocycles. The number of carbonyl (C=O) groups excluding carboxylic acids is 2. The number of carbonyl (C=O) groups is 2. The number of hydrogen-bond acceptors (Lipinski definition) is 7. The van der Waals surface area contributed by atoms with Gasteiger partial charge in [-0.05, 0) is 60.5 Å². The second-order valence-electron chi connectivity index (χ2n) is 9.10. The van der Waals surface area contributed by atoms with Crippen molar-refractivity contribution < 1.29 is 33.3 Å². The van der Waals surface area contributed by atoms with E-state index in [4.69, 9.17) is 23.7 Å². The fourth-order valence-electron chi connectivity index (χ4n) is 5.66. The summed E-state index contributed by atoms with van der Waals surface area (Å²) in [6.07, 6.45) is 2.19. The molecule has 0 radical (unpaired) electrons. The van der Waals surface area contributed by atoms with Gasteiger partial charge in [0.15, 0.2) is 5.78 Å². The Morgan fingerprint density at radius 1 is 1.00 bits per heavy atom. The first-order valence-electron chi connectivity index (χ1n) is 11.0. The van der Waals surface area contributed by atoms with Crippen LogP contribution in [0.4, 0.5) is 0 Å². The number of esters is 1. The van der Waals surface area contributed by atoms with E-state index in [0.717, 1.165) is 5.56 Å². The Labute approximate surface area is 215 Å². The maximum atomic E-state index is 14.1. The number of halogens is 2. The van der Waals surface area contributed by atoms with Crippen molar-refractivity contribution in [2.75, 3.05) is 28.4 Å². The normalized spacial score (nSPS) is 25.9. The Bertz CT molecular complexity index is 1190. The summed E-state index contributed by atoms with van der Waals surface area (Å²) in [5, 5.41) is 1.28. The van der Waals surface area contributed by atoms with E-state index >= 15 is 0 Å². The van der Waals surface area contributed by atoms with Crippen LogP contribution >= 0.6 is 31.9 Å². The fraction of sp³-hybridized carbons (Fsp3) is 0.520. The van der Waals surface area contributed by atoms with Crippen molar-refractivity contribution in [1.82, 2.24) is 0 Å². The Morgan fingerprint density at radius 2 is 1.65 bits per heavy atom. The van der Waals surface area contributed by atoms with Crippen LogP contribution in [-0.2, 0) is 16.0 Å². The number of rotatable bonds is 5. The predicted molar refractivity (Wildman–Crippen MR) is 135 cm³/mol. The largest absolute Gasteiger partial charge is 0.496 e. The number of ketones is 1. The zero-order valence-electron chi connectivity index (χ0n) is 20.1. The van der Waals surface area contributed by atoms with Crippen LogP contribution in [-0.4, -0.2) is 50.1 Å². The lowest BCUT2D eigenvalue weighted by Crippen LogP contribution is -2.53. The summed E-state index contributed by atoms with van der Waals surface area (Å²) >= 11 is 7.39. The van der Waals surface area contributed by atoms with Crippen molar-refractivity contribution >= 4 is 54.4 Å². The van der Waals surface area contributed by atoms with Crippen molar-refractivity contribution in [2.24, 2.45) is 5.92 Å². The highest BCUT2D eigenvalue weighted by molar-refractivity contribution is 9.10. The van der Waals surface area contributed by atoms with Crippen LogP contribution in [0, 0.1) is 5.92 Å². The molecule has 2 aliphatic carbocycles. The van der Waals surface area contributed by atoms with Crippen LogP contribution < -0.4 is 18.9 Å². The molecule has 1 saturated carbocycles. The molecule has 0 N–H and O–H groups in total. The van der Waals surface area contributed by atoms with E-state index in [9.17, 15) is 9.59 Å². The molecule has 0 aliphatic heterocycles. The minimum absolute atomic E-state index is 0.0652. The van der Waals surface area contributed by atoms with Gasteiger partial charge >= 0.3 is 5.97 Å². The van der Waals surface area contributed by atoms with Gasteiger partial charge in [0.2, 0.25) is 0 Å². The van der Waals surface area contributed by atoms with Gasteiger partial charge in [0.25, 0.3) is 0 Å². The molecule has 0 aromatic heterocycles. The van der Waals surface area contributed by atoms with Crippen LogP contribution in [0.5, 0.6) is 23.0 Å². The van der Waals surface area contributed by atoms with E-state index in [1.807, 2.05) is 6.92 Å². The molecule has 9 heteroatoms. The molecule has 2 aromatic rings. The third-order valence-corrected chi connectivity index (χ3v) is 9.07. The number of methoxy groups -OCH3 is 4. The second-order valence-corrected chi connectivity index (χ2v) is 11.4. The molecule has 2 aromatic carbocycles. The SMILES string of the molecule is COc1cc(Br)c(OC)c2c(OC)c3c(c(OC)c12)C(=O)C1(Br)CC[C@](C)(OC(C)=O)C[C@H]1C3. The zero-order chi connectivity index (χ0) is 25.0. The van der Waals surface area contributed by atoms with Crippen molar-refractivity contribution in [3.05, 3.63) is 21.7 Å². The Hall–Kier alpha value is -2.00. The fourth-order valence-corrected chi connectivity index (χ4v) is 6.95. The van der Waals surface area contributed by atoms with Gasteiger partial charge in [-0.2, -0.15) is 0 Å². The molecule has 1 fully saturated rings. The van der Waals surface area contributed by atoms with Crippen LogP contribution in [0.2, 0.25) is 0 Å². The van der Waals surface area contributed by atoms with Gasteiger partial charge < -0.3 is 23.7 Å². The molecule has 3 atom stereocenters. The van der Waals surface area contributed by atoms with Crippen LogP contribution in [0.3, 0.4) is 0 Å². The first-order valence-corrected chi connectivity index (χ1v) is 12.6. The van der Waals surface area contributed by atoms with Gasteiger partial charge in [-0.1, -0.05) is 15.9 Å². The molecular formula is C25H28Br2O7. The molecule has 184 valence electrons. The summed E-state index contributed by atoms with van der Waals surface area (Å²) in [5.74, 6) is 1.58. The zero-order valence-corrected chi connectivity index (χ0v) is 23.3. The Kier molecular flexibility index (Phi) is 6.57. The maximum Gasteiger partial charge on any atom is 0.303 e. The van der Waals surface area contributed by atoms with Crippen LogP contribution in [0.25, 0.3) is 10.8 Å². The molecule has 7 nitrogen and oxygen atoms in total. The number of fused-ring (bicyclic) bond motifs is 3. The highest BCUT2D eigenvalue weighted by Crippen LogP contribution is 2.58. The Morgan fingerprint density at radius 3 is 2.21 bits per heavy atom. The number of benzene rings is 2. The minimum atomic E-state index is -0.793. The van der Waals surface area contributed by atoms with Gasteiger partial charge in [0.05, 0.1) is 53.6 Å². The smallest absolute Gasteiger partial charge is 0.303 e. The quantitative estimate of drug-likeness (QED) is 0.325. The number of alkyl halides is 1. The first-order chi connectivity index (χ1) is 16.0. The monoisotopic (exact) mass is 598 g/mol. The second kappa shape index (κ2) is 8.90. The lowest BCUT2D eigenvalue weighted by atomic mass is 9.63. The summed E-state index contributed by atoms with van der Waals surface area (Å²) < 4.78 is 28.8.